The number of amides is 1. The van der Waals surface area contributed by atoms with Gasteiger partial charge in [-0.05, 0) is 63.8 Å². The quantitative estimate of drug-likeness (QED) is 0.586. The first-order valence-electron chi connectivity index (χ1n) is 8.72. The third-order valence-corrected chi connectivity index (χ3v) is 4.68. The molecular weight excluding hydrogens is 362 g/mol. The van der Waals surface area contributed by atoms with Crippen LogP contribution in [0.5, 0.6) is 5.75 Å². The first-order chi connectivity index (χ1) is 13.0. The molecule has 0 spiro atoms. The standard InChI is InChI=1S/C20H23N3O3S/c1-14-5-10-18(26-14)20-22-17(13-27-20)19(24)21-15-6-8-16(9-7-15)25-12-4-11-23(2)3/h5-10,13H,4,11-12H2,1-3H3,(H,21,24). The van der Waals surface area contributed by atoms with Crippen LogP contribution < -0.4 is 10.1 Å². The molecule has 0 aliphatic carbocycles. The van der Waals surface area contributed by atoms with Crippen molar-refractivity contribution < 1.29 is 13.9 Å². The number of aryl methyl sites for hydroxylation is 1. The Kier molecular flexibility index (Phi) is 6.26. The minimum atomic E-state index is -0.250. The number of benzene rings is 1. The number of hydrogen-bond acceptors (Lipinski definition) is 6. The zero-order valence-corrected chi connectivity index (χ0v) is 16.5. The minimum absolute atomic E-state index is 0.250. The van der Waals surface area contributed by atoms with Gasteiger partial charge in [0.15, 0.2) is 10.8 Å². The van der Waals surface area contributed by atoms with E-state index in [1.54, 1.807) is 5.38 Å². The molecule has 0 bridgehead atoms. The van der Waals surface area contributed by atoms with Gasteiger partial charge in [0.1, 0.15) is 17.2 Å². The first kappa shape index (κ1) is 19.1. The van der Waals surface area contributed by atoms with Gasteiger partial charge in [-0.15, -0.1) is 11.3 Å². The molecule has 0 aliphatic rings. The Hall–Kier alpha value is -2.64. The monoisotopic (exact) mass is 385 g/mol. The van der Waals surface area contributed by atoms with Gasteiger partial charge >= 0.3 is 0 Å². The lowest BCUT2D eigenvalue weighted by molar-refractivity contribution is 0.102. The fourth-order valence-corrected chi connectivity index (χ4v) is 3.20. The molecule has 1 aromatic carbocycles. The van der Waals surface area contributed by atoms with Gasteiger partial charge < -0.3 is 19.4 Å². The van der Waals surface area contributed by atoms with Crippen molar-refractivity contribution in [1.29, 1.82) is 0 Å². The lowest BCUT2D eigenvalue weighted by Crippen LogP contribution is -2.15. The molecular formula is C20H23N3O3S. The van der Waals surface area contributed by atoms with Crippen LogP contribution in [0.1, 0.15) is 22.7 Å². The van der Waals surface area contributed by atoms with Crippen molar-refractivity contribution in [3.8, 4) is 16.5 Å². The van der Waals surface area contributed by atoms with E-state index in [1.165, 1.54) is 11.3 Å². The number of nitrogens with one attached hydrogen (secondary N) is 1. The lowest BCUT2D eigenvalue weighted by atomic mass is 10.3. The molecule has 1 N–H and O–H groups in total. The van der Waals surface area contributed by atoms with Crippen LogP contribution in [0.4, 0.5) is 5.69 Å². The molecule has 27 heavy (non-hydrogen) atoms. The summed E-state index contributed by atoms with van der Waals surface area (Å²) in [6.07, 6.45) is 0.965. The van der Waals surface area contributed by atoms with Gasteiger partial charge in [0, 0.05) is 17.6 Å². The molecule has 2 aromatic heterocycles. The summed E-state index contributed by atoms with van der Waals surface area (Å²) in [4.78, 5) is 18.9. The fraction of sp³-hybridized carbons (Fsp3) is 0.300. The van der Waals surface area contributed by atoms with Crippen molar-refractivity contribution in [2.45, 2.75) is 13.3 Å². The Labute approximate surface area is 162 Å². The van der Waals surface area contributed by atoms with E-state index in [1.807, 2.05) is 57.4 Å². The van der Waals surface area contributed by atoms with E-state index in [0.717, 1.165) is 24.5 Å². The van der Waals surface area contributed by atoms with Gasteiger partial charge in [0.05, 0.1) is 6.61 Å². The van der Waals surface area contributed by atoms with Gasteiger partial charge in [-0.2, -0.15) is 0 Å². The number of carbonyl (C=O) groups excluding carboxylic acids is 1. The lowest BCUT2D eigenvalue weighted by Gasteiger charge is -2.10. The number of ether oxygens (including phenoxy) is 1. The highest BCUT2D eigenvalue weighted by Gasteiger charge is 2.14. The van der Waals surface area contributed by atoms with E-state index in [0.29, 0.717) is 28.8 Å². The molecule has 6 nitrogen and oxygen atoms in total. The predicted octanol–water partition coefficient (Wildman–Crippen LogP) is 4.29. The zero-order valence-electron chi connectivity index (χ0n) is 15.7. The second-order valence-electron chi connectivity index (χ2n) is 6.43. The molecule has 2 heterocycles. The van der Waals surface area contributed by atoms with Crippen LogP contribution in [0.15, 0.2) is 46.2 Å². The van der Waals surface area contributed by atoms with Crippen LogP contribution in [0.2, 0.25) is 0 Å². The normalized spacial score (nSPS) is 11.0. The number of aromatic nitrogens is 1. The molecule has 0 saturated carbocycles. The Bertz CT molecular complexity index is 884. The molecule has 0 aliphatic heterocycles. The van der Waals surface area contributed by atoms with E-state index >= 15 is 0 Å². The van der Waals surface area contributed by atoms with Gasteiger partial charge in [-0.3, -0.25) is 4.79 Å². The molecule has 142 valence electrons. The topological polar surface area (TPSA) is 67.6 Å². The highest BCUT2D eigenvalue weighted by atomic mass is 32.1. The van der Waals surface area contributed by atoms with Crippen molar-refractivity contribution in [2.24, 2.45) is 0 Å². The average molecular weight is 385 g/mol. The maximum absolute atomic E-state index is 12.4. The smallest absolute Gasteiger partial charge is 0.275 e. The molecule has 7 heteroatoms. The second-order valence-corrected chi connectivity index (χ2v) is 7.29. The molecule has 1 amide bonds. The number of thiazole rings is 1. The van der Waals surface area contributed by atoms with Crippen LogP contribution in [0, 0.1) is 6.92 Å². The number of carbonyl (C=O) groups is 1. The molecule has 0 unspecified atom stereocenters. The number of anilines is 1. The number of rotatable bonds is 8. The molecule has 3 aromatic rings. The van der Waals surface area contributed by atoms with E-state index in [2.05, 4.69) is 15.2 Å². The summed E-state index contributed by atoms with van der Waals surface area (Å²) in [6, 6.07) is 11.1. The van der Waals surface area contributed by atoms with Crippen LogP contribution in [0.3, 0.4) is 0 Å². The zero-order chi connectivity index (χ0) is 19.2. The highest BCUT2D eigenvalue weighted by Crippen LogP contribution is 2.26. The first-order valence-corrected chi connectivity index (χ1v) is 9.60. The van der Waals surface area contributed by atoms with Crippen molar-refractivity contribution in [2.75, 3.05) is 32.6 Å². The largest absolute Gasteiger partial charge is 0.494 e. The summed E-state index contributed by atoms with van der Waals surface area (Å²) in [5, 5.41) is 5.27. The van der Waals surface area contributed by atoms with Gasteiger partial charge in [-0.25, -0.2) is 4.98 Å². The van der Waals surface area contributed by atoms with Crippen LogP contribution >= 0.6 is 11.3 Å². The summed E-state index contributed by atoms with van der Waals surface area (Å²) in [5.41, 5.74) is 1.07. The van der Waals surface area contributed by atoms with Gasteiger partial charge in [0.25, 0.3) is 5.91 Å². The predicted molar refractivity (Wildman–Crippen MR) is 108 cm³/mol. The van der Waals surface area contributed by atoms with Gasteiger partial charge in [0.2, 0.25) is 0 Å². The highest BCUT2D eigenvalue weighted by molar-refractivity contribution is 7.13. The van der Waals surface area contributed by atoms with E-state index in [9.17, 15) is 4.79 Å². The molecule has 3 rings (SSSR count). The third-order valence-electron chi connectivity index (χ3n) is 3.82. The molecule has 0 atom stereocenters. The van der Waals surface area contributed by atoms with Crippen LogP contribution in [-0.2, 0) is 0 Å². The minimum Gasteiger partial charge on any atom is -0.494 e. The van der Waals surface area contributed by atoms with Crippen molar-refractivity contribution in [1.82, 2.24) is 9.88 Å². The average Bonchev–Trinajstić information content (AvgIpc) is 3.29. The maximum Gasteiger partial charge on any atom is 0.275 e. The van der Waals surface area contributed by atoms with Crippen LogP contribution in [0.25, 0.3) is 10.8 Å². The third kappa shape index (κ3) is 5.42. The molecule has 0 saturated heterocycles. The van der Waals surface area contributed by atoms with Gasteiger partial charge in [-0.1, -0.05) is 0 Å². The summed E-state index contributed by atoms with van der Waals surface area (Å²) in [5.74, 6) is 2.03. The Balaban J connectivity index is 1.54. The summed E-state index contributed by atoms with van der Waals surface area (Å²) in [7, 11) is 4.08. The SMILES string of the molecule is Cc1ccc(-c2nc(C(=O)Nc3ccc(OCCCN(C)C)cc3)cs2)o1. The van der Waals surface area contributed by atoms with E-state index in [-0.39, 0.29) is 5.91 Å². The fourth-order valence-electron chi connectivity index (χ4n) is 2.44. The Morgan fingerprint density at radius 2 is 2.00 bits per heavy atom. The maximum atomic E-state index is 12.4. The Morgan fingerprint density at radius 3 is 2.67 bits per heavy atom. The van der Waals surface area contributed by atoms with Crippen LogP contribution in [-0.4, -0.2) is 43.0 Å². The van der Waals surface area contributed by atoms with Crippen molar-refractivity contribution >= 4 is 22.9 Å². The van der Waals surface area contributed by atoms with E-state index in [4.69, 9.17) is 9.15 Å². The van der Waals surface area contributed by atoms with E-state index < -0.39 is 0 Å². The van der Waals surface area contributed by atoms with Crippen molar-refractivity contribution in [3.05, 3.63) is 53.2 Å². The molecule has 0 radical (unpaired) electrons. The van der Waals surface area contributed by atoms with Crippen molar-refractivity contribution in [3.63, 3.8) is 0 Å². The summed E-state index contributed by atoms with van der Waals surface area (Å²) < 4.78 is 11.2. The number of furan rings is 1. The Morgan fingerprint density at radius 1 is 1.22 bits per heavy atom. The second kappa shape index (κ2) is 8.83. The summed E-state index contributed by atoms with van der Waals surface area (Å²) >= 11 is 1.38. The number of hydrogen-bond donors (Lipinski definition) is 1. The molecule has 0 fully saturated rings. The summed E-state index contributed by atoms with van der Waals surface area (Å²) in [6.45, 7) is 3.53. The number of nitrogens with zero attached hydrogens (tertiary/aromatic N) is 2.